The molecule has 156 valence electrons. The molecule has 0 aromatic heterocycles. The number of halogens is 1. The van der Waals surface area contributed by atoms with E-state index in [1.807, 2.05) is 49.0 Å². The van der Waals surface area contributed by atoms with Crippen LogP contribution in [0.2, 0.25) is 5.02 Å². The van der Waals surface area contributed by atoms with Crippen LogP contribution in [0, 0.1) is 13.8 Å². The minimum Gasteiger partial charge on any atom is -0.325 e. The van der Waals surface area contributed by atoms with Gasteiger partial charge >= 0.3 is 0 Å². The topological polar surface area (TPSA) is 35.6 Å². The zero-order valence-electron chi connectivity index (χ0n) is 17.3. The summed E-state index contributed by atoms with van der Waals surface area (Å²) in [7, 11) is 0. The highest BCUT2D eigenvalue weighted by Gasteiger charge is 2.19. The zero-order valence-corrected chi connectivity index (χ0v) is 18.9. The lowest BCUT2D eigenvalue weighted by molar-refractivity contribution is -0.117. The van der Waals surface area contributed by atoms with Gasteiger partial charge in [-0.2, -0.15) is 0 Å². The van der Waals surface area contributed by atoms with Gasteiger partial charge in [-0.1, -0.05) is 35.9 Å². The normalized spacial score (nSPS) is 15.4. The Morgan fingerprint density at radius 3 is 2.52 bits per heavy atom. The third kappa shape index (κ3) is 6.75. The molecule has 0 spiro atoms. The number of hydrogen-bond donors (Lipinski definition) is 1. The Bertz CT molecular complexity index is 822. The van der Waals surface area contributed by atoms with E-state index in [2.05, 4.69) is 34.2 Å². The molecule has 29 heavy (non-hydrogen) atoms. The van der Waals surface area contributed by atoms with Crippen molar-refractivity contribution >= 4 is 35.0 Å². The molecule has 0 aliphatic carbocycles. The van der Waals surface area contributed by atoms with Gasteiger partial charge in [0.25, 0.3) is 0 Å². The first-order valence-electron chi connectivity index (χ1n) is 10.2. The quantitative estimate of drug-likeness (QED) is 0.485. The summed E-state index contributed by atoms with van der Waals surface area (Å²) in [5.74, 6) is 1.14. The predicted molar refractivity (Wildman–Crippen MR) is 124 cm³/mol. The van der Waals surface area contributed by atoms with E-state index < -0.39 is 0 Å². The monoisotopic (exact) mass is 431 g/mol. The average molecular weight is 432 g/mol. The van der Waals surface area contributed by atoms with Crippen LogP contribution in [0.3, 0.4) is 0 Å². The first kappa shape index (κ1) is 22.2. The molecule has 4 nitrogen and oxygen atoms in total. The molecule has 2 aromatic rings. The summed E-state index contributed by atoms with van der Waals surface area (Å²) in [6, 6.07) is 14.0. The standard InChI is InChI=1S/C23H30ClN3OS/c1-18-7-5-9-21(19(18)2)25-23(28)17-27-14-12-26(13-15-27)11-6-16-29-22-10-4-3-8-20(22)24/h3-5,7-10H,6,11-17H2,1-2H3,(H,25,28). The number of hydrogen-bond acceptors (Lipinski definition) is 4. The van der Waals surface area contributed by atoms with Gasteiger partial charge in [0.15, 0.2) is 0 Å². The predicted octanol–water partition coefficient (Wildman–Crippen LogP) is 4.70. The van der Waals surface area contributed by atoms with E-state index in [4.69, 9.17) is 11.6 Å². The van der Waals surface area contributed by atoms with Crippen molar-refractivity contribution < 1.29 is 4.79 Å². The number of benzene rings is 2. The van der Waals surface area contributed by atoms with Gasteiger partial charge in [-0.15, -0.1) is 11.8 Å². The summed E-state index contributed by atoms with van der Waals surface area (Å²) >= 11 is 8.03. The van der Waals surface area contributed by atoms with E-state index in [9.17, 15) is 4.79 Å². The molecule has 1 saturated heterocycles. The van der Waals surface area contributed by atoms with Crippen LogP contribution in [0.25, 0.3) is 0 Å². The number of amides is 1. The van der Waals surface area contributed by atoms with E-state index in [0.717, 1.165) is 66.1 Å². The van der Waals surface area contributed by atoms with Crippen molar-refractivity contribution in [2.75, 3.05) is 50.3 Å². The summed E-state index contributed by atoms with van der Waals surface area (Å²) < 4.78 is 0. The summed E-state index contributed by atoms with van der Waals surface area (Å²) in [5.41, 5.74) is 3.26. The van der Waals surface area contributed by atoms with Gasteiger partial charge in [0.2, 0.25) is 5.91 Å². The second-order valence-electron chi connectivity index (χ2n) is 7.55. The fraction of sp³-hybridized carbons (Fsp3) is 0.435. The smallest absolute Gasteiger partial charge is 0.238 e. The molecular weight excluding hydrogens is 402 g/mol. The highest BCUT2D eigenvalue weighted by Crippen LogP contribution is 2.27. The third-order valence-corrected chi connectivity index (χ3v) is 7.03. The third-order valence-electron chi connectivity index (χ3n) is 5.42. The van der Waals surface area contributed by atoms with Gasteiger partial charge in [-0.05, 0) is 61.9 Å². The minimum atomic E-state index is 0.0725. The van der Waals surface area contributed by atoms with Crippen molar-refractivity contribution in [3.05, 3.63) is 58.6 Å². The maximum atomic E-state index is 12.4. The Kier molecular flexibility index (Phi) is 8.42. The van der Waals surface area contributed by atoms with Crippen LogP contribution in [0.5, 0.6) is 0 Å². The van der Waals surface area contributed by atoms with Gasteiger partial charge in [0.05, 0.1) is 11.6 Å². The van der Waals surface area contributed by atoms with Crippen LogP contribution < -0.4 is 5.32 Å². The lowest BCUT2D eigenvalue weighted by Crippen LogP contribution is -2.48. The van der Waals surface area contributed by atoms with Crippen molar-refractivity contribution in [1.29, 1.82) is 0 Å². The molecule has 0 saturated carbocycles. The number of piperazine rings is 1. The lowest BCUT2D eigenvalue weighted by Gasteiger charge is -2.34. The molecule has 1 fully saturated rings. The van der Waals surface area contributed by atoms with Crippen LogP contribution >= 0.6 is 23.4 Å². The van der Waals surface area contributed by atoms with Gasteiger partial charge in [-0.3, -0.25) is 9.69 Å². The number of anilines is 1. The van der Waals surface area contributed by atoms with Crippen molar-refractivity contribution in [1.82, 2.24) is 9.80 Å². The van der Waals surface area contributed by atoms with E-state index in [1.54, 1.807) is 0 Å². The zero-order chi connectivity index (χ0) is 20.6. The van der Waals surface area contributed by atoms with Gasteiger partial charge in [0, 0.05) is 36.8 Å². The van der Waals surface area contributed by atoms with E-state index >= 15 is 0 Å². The molecule has 0 unspecified atom stereocenters. The molecule has 0 bridgehead atoms. The van der Waals surface area contributed by atoms with Crippen molar-refractivity contribution in [3.63, 3.8) is 0 Å². The molecular formula is C23H30ClN3OS. The Morgan fingerprint density at radius 2 is 1.76 bits per heavy atom. The van der Waals surface area contributed by atoms with Crippen LogP contribution in [-0.4, -0.2) is 60.7 Å². The van der Waals surface area contributed by atoms with Crippen molar-refractivity contribution in [2.45, 2.75) is 25.2 Å². The highest BCUT2D eigenvalue weighted by atomic mass is 35.5. The molecule has 1 aliphatic heterocycles. The first-order valence-corrected chi connectivity index (χ1v) is 11.6. The van der Waals surface area contributed by atoms with Gasteiger partial charge in [0.1, 0.15) is 0 Å². The Balaban J connectivity index is 1.33. The first-order chi connectivity index (χ1) is 14.0. The SMILES string of the molecule is Cc1cccc(NC(=O)CN2CCN(CCCSc3ccccc3Cl)CC2)c1C. The number of rotatable bonds is 8. The molecule has 1 amide bonds. The molecule has 6 heteroatoms. The van der Waals surface area contributed by atoms with E-state index in [-0.39, 0.29) is 5.91 Å². The fourth-order valence-electron chi connectivity index (χ4n) is 3.48. The summed E-state index contributed by atoms with van der Waals surface area (Å²) in [6.45, 7) is 9.60. The highest BCUT2D eigenvalue weighted by molar-refractivity contribution is 7.99. The Hall–Kier alpha value is -1.53. The number of thioether (sulfide) groups is 1. The average Bonchev–Trinajstić information content (AvgIpc) is 2.71. The number of carbonyl (C=O) groups is 1. The largest absolute Gasteiger partial charge is 0.325 e. The van der Waals surface area contributed by atoms with Gasteiger partial charge in [-0.25, -0.2) is 0 Å². The number of nitrogens with zero attached hydrogens (tertiary/aromatic N) is 2. The number of aryl methyl sites for hydroxylation is 1. The van der Waals surface area contributed by atoms with Crippen LogP contribution in [0.4, 0.5) is 5.69 Å². The second-order valence-corrected chi connectivity index (χ2v) is 9.09. The number of carbonyl (C=O) groups excluding carboxylic acids is 1. The van der Waals surface area contributed by atoms with E-state index in [0.29, 0.717) is 6.54 Å². The molecule has 0 radical (unpaired) electrons. The molecule has 1 heterocycles. The van der Waals surface area contributed by atoms with E-state index in [1.165, 1.54) is 5.56 Å². The molecule has 2 aromatic carbocycles. The molecule has 1 aliphatic rings. The minimum absolute atomic E-state index is 0.0725. The van der Waals surface area contributed by atoms with Crippen molar-refractivity contribution in [3.8, 4) is 0 Å². The lowest BCUT2D eigenvalue weighted by atomic mass is 10.1. The van der Waals surface area contributed by atoms with Crippen LogP contribution in [0.15, 0.2) is 47.4 Å². The second kappa shape index (κ2) is 11.0. The number of nitrogens with one attached hydrogen (secondary N) is 1. The Morgan fingerprint density at radius 1 is 1.03 bits per heavy atom. The van der Waals surface area contributed by atoms with Crippen molar-refractivity contribution in [2.24, 2.45) is 0 Å². The van der Waals surface area contributed by atoms with Crippen LogP contribution in [-0.2, 0) is 4.79 Å². The maximum Gasteiger partial charge on any atom is 0.238 e. The summed E-state index contributed by atoms with van der Waals surface area (Å²) in [6.07, 6.45) is 1.14. The Labute approximate surface area is 183 Å². The summed E-state index contributed by atoms with van der Waals surface area (Å²) in [5, 5.41) is 3.90. The summed E-state index contributed by atoms with van der Waals surface area (Å²) in [4.78, 5) is 18.3. The van der Waals surface area contributed by atoms with Crippen LogP contribution in [0.1, 0.15) is 17.5 Å². The molecule has 0 atom stereocenters. The molecule has 3 rings (SSSR count). The van der Waals surface area contributed by atoms with Gasteiger partial charge < -0.3 is 10.2 Å². The fourth-order valence-corrected chi connectivity index (χ4v) is 4.66. The maximum absolute atomic E-state index is 12.4. The molecule has 1 N–H and O–H groups in total.